The molecule has 0 radical (unpaired) electrons. The lowest BCUT2D eigenvalue weighted by molar-refractivity contribution is 0.890. The first-order chi connectivity index (χ1) is 3.43. The number of hydrogen-bond donors (Lipinski definition) is 2. The summed E-state index contributed by atoms with van der Waals surface area (Å²) in [7, 11) is 0. The van der Waals surface area contributed by atoms with Gasteiger partial charge in [0, 0.05) is 6.54 Å². The van der Waals surface area contributed by atoms with E-state index in [4.69, 9.17) is 5.73 Å². The molecule has 0 aromatic carbocycles. The summed E-state index contributed by atoms with van der Waals surface area (Å²) in [6.07, 6.45) is 0. The molecule has 0 amide bonds. The molecule has 0 saturated heterocycles. The molecule has 3 nitrogen and oxygen atoms in total. The normalized spacial score (nSPS) is 18.7. The minimum absolute atomic E-state index is 0.567. The van der Waals surface area contributed by atoms with Gasteiger partial charge >= 0.3 is 0 Å². The molecule has 4 heteroatoms. The van der Waals surface area contributed by atoms with Crippen molar-refractivity contribution in [2.24, 2.45) is 10.8 Å². The maximum absolute atomic E-state index is 5.24. The molecule has 1 aliphatic rings. The van der Waals surface area contributed by atoms with Crippen molar-refractivity contribution < 1.29 is 0 Å². The Morgan fingerprint density at radius 3 is 3.14 bits per heavy atom. The highest BCUT2D eigenvalue weighted by Crippen LogP contribution is 2.04. The highest BCUT2D eigenvalue weighted by atomic mass is 32.2. The van der Waals surface area contributed by atoms with E-state index in [1.807, 2.05) is 0 Å². The van der Waals surface area contributed by atoms with Crippen LogP contribution in [0.25, 0.3) is 0 Å². The van der Waals surface area contributed by atoms with Crippen molar-refractivity contribution in [3.8, 4) is 0 Å². The van der Waals surface area contributed by atoms with Crippen LogP contribution in [0.4, 0.5) is 0 Å². The first-order valence-corrected chi connectivity index (χ1v) is 3.04. The molecule has 40 valence electrons. The zero-order valence-corrected chi connectivity index (χ0v) is 4.66. The lowest BCUT2D eigenvalue weighted by Gasteiger charge is -1.83. The van der Waals surface area contributed by atoms with Gasteiger partial charge in [0.05, 0.1) is 5.88 Å². The van der Waals surface area contributed by atoms with Gasteiger partial charge in [-0.15, -0.1) is 0 Å². The third-order valence-corrected chi connectivity index (χ3v) is 1.55. The van der Waals surface area contributed by atoms with Crippen LogP contribution in [0.1, 0.15) is 0 Å². The maximum atomic E-state index is 5.24. The van der Waals surface area contributed by atoms with Gasteiger partial charge in [0.25, 0.3) is 0 Å². The topological polar surface area (TPSA) is 50.4 Å². The van der Waals surface area contributed by atoms with Gasteiger partial charge in [-0.2, -0.15) is 5.10 Å². The van der Waals surface area contributed by atoms with Crippen LogP contribution in [0.5, 0.6) is 0 Å². The maximum Gasteiger partial charge on any atom is 0.108 e. The predicted molar refractivity (Wildman–Crippen MR) is 32.1 cm³/mol. The van der Waals surface area contributed by atoms with E-state index in [1.165, 1.54) is 0 Å². The number of nitrogens with zero attached hydrogens (tertiary/aromatic N) is 1. The average Bonchev–Trinajstić information content (AvgIpc) is 2.14. The highest BCUT2D eigenvalue weighted by Gasteiger charge is 2.01. The van der Waals surface area contributed by atoms with Crippen LogP contribution in [0, 0.1) is 0 Å². The zero-order valence-electron chi connectivity index (χ0n) is 3.85. The Balaban J connectivity index is 2.36. The summed E-state index contributed by atoms with van der Waals surface area (Å²) in [5.74, 6) is 0.881. The van der Waals surface area contributed by atoms with Crippen molar-refractivity contribution in [3.05, 3.63) is 0 Å². The van der Waals surface area contributed by atoms with Crippen molar-refractivity contribution in [1.29, 1.82) is 0 Å². The SMILES string of the molecule is NCC1=NNCS1. The average molecular weight is 117 g/mol. The van der Waals surface area contributed by atoms with E-state index < -0.39 is 0 Å². The Kier molecular flexibility index (Phi) is 1.54. The molecule has 0 aromatic rings. The summed E-state index contributed by atoms with van der Waals surface area (Å²) in [4.78, 5) is 0. The molecule has 0 atom stereocenters. The molecular weight excluding hydrogens is 110 g/mol. The van der Waals surface area contributed by atoms with E-state index in [0.29, 0.717) is 6.54 Å². The van der Waals surface area contributed by atoms with Crippen LogP contribution in [-0.2, 0) is 0 Å². The summed E-state index contributed by atoms with van der Waals surface area (Å²) >= 11 is 1.66. The monoisotopic (exact) mass is 117 g/mol. The van der Waals surface area contributed by atoms with Crippen LogP contribution in [0.15, 0.2) is 5.10 Å². The molecule has 3 N–H and O–H groups in total. The van der Waals surface area contributed by atoms with Gasteiger partial charge < -0.3 is 5.73 Å². The van der Waals surface area contributed by atoms with Gasteiger partial charge in [0.15, 0.2) is 0 Å². The molecular formula is C3H7N3S. The molecule has 1 aliphatic heterocycles. The van der Waals surface area contributed by atoms with Gasteiger partial charge in [-0.1, -0.05) is 11.8 Å². The van der Waals surface area contributed by atoms with E-state index in [-0.39, 0.29) is 0 Å². The van der Waals surface area contributed by atoms with Crippen LogP contribution < -0.4 is 11.2 Å². The molecule has 0 fully saturated rings. The van der Waals surface area contributed by atoms with Gasteiger partial charge in [-0.25, -0.2) is 0 Å². The summed E-state index contributed by atoms with van der Waals surface area (Å²) in [6.45, 7) is 0.567. The largest absolute Gasteiger partial charge is 0.325 e. The third kappa shape index (κ3) is 1.07. The van der Waals surface area contributed by atoms with Crippen molar-refractivity contribution in [2.45, 2.75) is 0 Å². The molecule has 0 spiro atoms. The third-order valence-electron chi connectivity index (χ3n) is 0.682. The van der Waals surface area contributed by atoms with Gasteiger partial charge in [0.1, 0.15) is 5.04 Å². The Hall–Kier alpha value is -0.220. The van der Waals surface area contributed by atoms with E-state index in [9.17, 15) is 0 Å². The Morgan fingerprint density at radius 1 is 2.00 bits per heavy atom. The molecule has 0 bridgehead atoms. The number of rotatable bonds is 1. The van der Waals surface area contributed by atoms with Crippen LogP contribution in [-0.4, -0.2) is 17.5 Å². The van der Waals surface area contributed by atoms with Crippen molar-refractivity contribution >= 4 is 16.8 Å². The number of thioether (sulfide) groups is 1. The standard InChI is InChI=1S/C3H7N3S/c4-1-3-6-5-2-7-3/h5H,1-2,4H2. The fourth-order valence-corrected chi connectivity index (χ4v) is 0.916. The van der Waals surface area contributed by atoms with Gasteiger partial charge in [-0.3, -0.25) is 5.43 Å². The molecule has 0 saturated carbocycles. The number of hydrogen-bond acceptors (Lipinski definition) is 4. The minimum atomic E-state index is 0.567. The second kappa shape index (κ2) is 2.18. The molecule has 0 aromatic heterocycles. The van der Waals surface area contributed by atoms with Crippen LogP contribution >= 0.6 is 11.8 Å². The molecule has 1 heterocycles. The zero-order chi connectivity index (χ0) is 5.11. The first kappa shape index (κ1) is 4.93. The number of nitrogens with one attached hydrogen (secondary N) is 1. The van der Waals surface area contributed by atoms with Gasteiger partial charge in [0.2, 0.25) is 0 Å². The Morgan fingerprint density at radius 2 is 2.86 bits per heavy atom. The molecule has 1 rings (SSSR count). The Labute approximate surface area is 46.3 Å². The summed E-state index contributed by atoms with van der Waals surface area (Å²) < 4.78 is 0. The Bertz CT molecular complexity index is 90.2. The lowest BCUT2D eigenvalue weighted by atomic mass is 10.7. The van der Waals surface area contributed by atoms with Crippen LogP contribution in [0.3, 0.4) is 0 Å². The lowest BCUT2D eigenvalue weighted by Crippen LogP contribution is -2.07. The van der Waals surface area contributed by atoms with E-state index in [0.717, 1.165) is 10.9 Å². The second-order valence-electron chi connectivity index (χ2n) is 1.16. The van der Waals surface area contributed by atoms with Crippen LogP contribution in [0.2, 0.25) is 0 Å². The summed E-state index contributed by atoms with van der Waals surface area (Å²) in [5, 5.41) is 4.86. The first-order valence-electron chi connectivity index (χ1n) is 2.06. The van der Waals surface area contributed by atoms with Crippen molar-refractivity contribution in [2.75, 3.05) is 12.4 Å². The summed E-state index contributed by atoms with van der Waals surface area (Å²) in [6, 6.07) is 0. The fourth-order valence-electron chi connectivity index (χ4n) is 0.373. The van der Waals surface area contributed by atoms with Gasteiger partial charge in [-0.05, 0) is 0 Å². The number of hydrazone groups is 1. The molecule has 0 aliphatic carbocycles. The van der Waals surface area contributed by atoms with E-state index in [1.54, 1.807) is 11.8 Å². The van der Waals surface area contributed by atoms with E-state index >= 15 is 0 Å². The van der Waals surface area contributed by atoms with E-state index in [2.05, 4.69) is 10.5 Å². The molecule has 7 heavy (non-hydrogen) atoms. The van der Waals surface area contributed by atoms with Crippen molar-refractivity contribution in [3.63, 3.8) is 0 Å². The molecule has 0 unspecified atom stereocenters. The second-order valence-corrected chi connectivity index (χ2v) is 2.21. The van der Waals surface area contributed by atoms with Crippen molar-refractivity contribution in [1.82, 2.24) is 5.43 Å². The quantitative estimate of drug-likeness (QED) is 0.489. The number of nitrogens with two attached hydrogens (primary N) is 1. The minimum Gasteiger partial charge on any atom is -0.325 e. The summed E-state index contributed by atoms with van der Waals surface area (Å²) in [5.41, 5.74) is 8.04. The highest BCUT2D eigenvalue weighted by molar-refractivity contribution is 8.14. The smallest absolute Gasteiger partial charge is 0.108 e. The fraction of sp³-hybridized carbons (Fsp3) is 0.667. The predicted octanol–water partition coefficient (Wildman–Crippen LogP) is -0.447.